The van der Waals surface area contributed by atoms with E-state index in [1.54, 1.807) is 30.8 Å². The Morgan fingerprint density at radius 3 is 2.83 bits per heavy atom. The highest BCUT2D eigenvalue weighted by Crippen LogP contribution is 2.35. The average Bonchev–Trinajstić information content (AvgIpc) is 3.35. The van der Waals surface area contributed by atoms with Crippen LogP contribution < -0.4 is 10.1 Å². The van der Waals surface area contributed by atoms with E-state index in [1.807, 2.05) is 36.4 Å². The fraction of sp³-hybridized carbons (Fsp3) is 0.250. The van der Waals surface area contributed by atoms with Gasteiger partial charge >= 0.3 is 0 Å². The second-order valence-electron chi connectivity index (χ2n) is 7.52. The summed E-state index contributed by atoms with van der Waals surface area (Å²) in [6.45, 7) is 3.30. The molecule has 2 N–H and O–H groups in total. The van der Waals surface area contributed by atoms with Gasteiger partial charge in [0.15, 0.2) is 0 Å². The minimum Gasteiger partial charge on any atom is -0.491 e. The third-order valence-electron chi connectivity index (χ3n) is 4.85. The SMILES string of the molecule is C[C@@](O)(CNCCc1ccccc1)COc1cccc(-c2csc3cocc23)c1. The topological polar surface area (TPSA) is 54.6 Å². The third kappa shape index (κ3) is 5.07. The molecule has 0 unspecified atom stereocenters. The number of furan rings is 1. The lowest BCUT2D eigenvalue weighted by atomic mass is 10.1. The van der Waals surface area contributed by atoms with Gasteiger partial charge in [0.05, 0.1) is 11.0 Å². The van der Waals surface area contributed by atoms with E-state index in [0.29, 0.717) is 6.54 Å². The summed E-state index contributed by atoms with van der Waals surface area (Å²) < 4.78 is 12.3. The monoisotopic (exact) mass is 407 g/mol. The summed E-state index contributed by atoms with van der Waals surface area (Å²) >= 11 is 1.67. The Bertz CT molecular complexity index is 1050. The van der Waals surface area contributed by atoms with Gasteiger partial charge in [-0.15, -0.1) is 11.3 Å². The maximum atomic E-state index is 10.6. The van der Waals surface area contributed by atoms with Crippen molar-refractivity contribution in [3.05, 3.63) is 78.1 Å². The molecule has 2 aromatic heterocycles. The zero-order chi connectivity index (χ0) is 20.1. The van der Waals surface area contributed by atoms with Gasteiger partial charge in [-0.2, -0.15) is 0 Å². The molecule has 0 aliphatic carbocycles. The predicted molar refractivity (Wildman–Crippen MR) is 119 cm³/mol. The molecular formula is C24H25NO3S. The van der Waals surface area contributed by atoms with Crippen molar-refractivity contribution in [1.82, 2.24) is 5.32 Å². The van der Waals surface area contributed by atoms with Crippen molar-refractivity contribution < 1.29 is 14.3 Å². The summed E-state index contributed by atoms with van der Waals surface area (Å²) in [6.07, 6.45) is 4.48. The summed E-state index contributed by atoms with van der Waals surface area (Å²) in [5.74, 6) is 0.745. The highest BCUT2D eigenvalue weighted by molar-refractivity contribution is 7.17. The van der Waals surface area contributed by atoms with Gasteiger partial charge in [0.2, 0.25) is 0 Å². The van der Waals surface area contributed by atoms with E-state index in [-0.39, 0.29) is 6.61 Å². The number of nitrogens with one attached hydrogen (secondary N) is 1. The minimum absolute atomic E-state index is 0.222. The molecular weight excluding hydrogens is 382 g/mol. The summed E-state index contributed by atoms with van der Waals surface area (Å²) in [5.41, 5.74) is 2.55. The summed E-state index contributed by atoms with van der Waals surface area (Å²) in [4.78, 5) is 0. The van der Waals surface area contributed by atoms with Gasteiger partial charge in [0.25, 0.3) is 0 Å². The van der Waals surface area contributed by atoms with Crippen LogP contribution in [0.1, 0.15) is 12.5 Å². The van der Waals surface area contributed by atoms with Crippen molar-refractivity contribution in [1.29, 1.82) is 0 Å². The van der Waals surface area contributed by atoms with E-state index in [0.717, 1.165) is 39.9 Å². The predicted octanol–water partition coefficient (Wildman–Crippen LogP) is 5.12. The van der Waals surface area contributed by atoms with E-state index < -0.39 is 5.60 Å². The molecule has 4 nitrogen and oxygen atoms in total. The number of fused-ring (bicyclic) bond motifs is 1. The first-order chi connectivity index (χ1) is 14.1. The number of thiophene rings is 1. The first-order valence-electron chi connectivity index (χ1n) is 9.74. The smallest absolute Gasteiger partial charge is 0.120 e. The van der Waals surface area contributed by atoms with E-state index in [1.165, 1.54) is 5.56 Å². The maximum absolute atomic E-state index is 10.6. The van der Waals surface area contributed by atoms with Gasteiger partial charge < -0.3 is 19.6 Å². The Labute approximate surface area is 174 Å². The number of hydrogen-bond donors (Lipinski definition) is 2. The van der Waals surface area contributed by atoms with Gasteiger partial charge in [-0.25, -0.2) is 0 Å². The Morgan fingerprint density at radius 1 is 1.10 bits per heavy atom. The van der Waals surface area contributed by atoms with Gasteiger partial charge in [0, 0.05) is 22.9 Å². The molecule has 0 bridgehead atoms. The summed E-state index contributed by atoms with van der Waals surface area (Å²) in [6, 6.07) is 18.3. The second-order valence-corrected chi connectivity index (χ2v) is 8.44. The Morgan fingerprint density at radius 2 is 1.97 bits per heavy atom. The molecule has 29 heavy (non-hydrogen) atoms. The van der Waals surface area contributed by atoms with Crippen molar-refractivity contribution in [3.63, 3.8) is 0 Å². The van der Waals surface area contributed by atoms with Crippen LogP contribution in [0.25, 0.3) is 21.2 Å². The molecule has 0 radical (unpaired) electrons. The van der Waals surface area contributed by atoms with Crippen molar-refractivity contribution in [2.24, 2.45) is 0 Å². The van der Waals surface area contributed by atoms with Crippen LogP contribution in [0.15, 0.2) is 76.9 Å². The minimum atomic E-state index is -0.951. The molecule has 0 spiro atoms. The molecule has 4 aromatic rings. The lowest BCUT2D eigenvalue weighted by Gasteiger charge is -2.24. The Balaban J connectivity index is 1.30. The number of hydrogen-bond acceptors (Lipinski definition) is 5. The van der Waals surface area contributed by atoms with Crippen molar-refractivity contribution in [3.8, 4) is 16.9 Å². The molecule has 0 aliphatic heterocycles. The molecule has 2 heterocycles. The van der Waals surface area contributed by atoms with Crippen LogP contribution in [0.3, 0.4) is 0 Å². The lowest BCUT2D eigenvalue weighted by molar-refractivity contribution is 0.0125. The Kier molecular flexibility index (Phi) is 6.00. The number of ether oxygens (including phenoxy) is 1. The molecule has 0 saturated carbocycles. The lowest BCUT2D eigenvalue weighted by Crippen LogP contribution is -2.43. The van der Waals surface area contributed by atoms with Crippen LogP contribution in [0.2, 0.25) is 0 Å². The fourth-order valence-corrected chi connectivity index (χ4v) is 4.16. The third-order valence-corrected chi connectivity index (χ3v) is 5.78. The number of aliphatic hydroxyl groups is 1. The molecule has 0 fully saturated rings. The first-order valence-corrected chi connectivity index (χ1v) is 10.6. The van der Waals surface area contributed by atoms with Crippen LogP contribution >= 0.6 is 11.3 Å². The first kappa shape index (κ1) is 19.7. The van der Waals surface area contributed by atoms with E-state index >= 15 is 0 Å². The Hall–Kier alpha value is -2.60. The maximum Gasteiger partial charge on any atom is 0.120 e. The molecule has 1 atom stereocenters. The van der Waals surface area contributed by atoms with E-state index in [4.69, 9.17) is 9.15 Å². The second kappa shape index (κ2) is 8.82. The number of rotatable bonds is 9. The largest absolute Gasteiger partial charge is 0.491 e. The normalized spacial score (nSPS) is 13.4. The molecule has 0 saturated heterocycles. The zero-order valence-corrected chi connectivity index (χ0v) is 17.2. The fourth-order valence-electron chi connectivity index (χ4n) is 3.26. The summed E-state index contributed by atoms with van der Waals surface area (Å²) in [7, 11) is 0. The quantitative estimate of drug-likeness (QED) is 0.378. The summed E-state index contributed by atoms with van der Waals surface area (Å²) in [5, 5.41) is 17.2. The van der Waals surface area contributed by atoms with Crippen LogP contribution in [0.5, 0.6) is 5.75 Å². The van der Waals surface area contributed by atoms with Crippen LogP contribution in [0.4, 0.5) is 0 Å². The molecule has 4 rings (SSSR count). The van der Waals surface area contributed by atoms with Crippen LogP contribution in [-0.2, 0) is 6.42 Å². The van der Waals surface area contributed by atoms with Crippen molar-refractivity contribution in [2.75, 3.05) is 19.7 Å². The van der Waals surface area contributed by atoms with Gasteiger partial charge in [0.1, 0.15) is 24.2 Å². The molecule has 0 aliphatic rings. The van der Waals surface area contributed by atoms with Crippen molar-refractivity contribution >= 4 is 21.4 Å². The molecule has 150 valence electrons. The van der Waals surface area contributed by atoms with Crippen LogP contribution in [-0.4, -0.2) is 30.4 Å². The average molecular weight is 408 g/mol. The molecule has 5 heteroatoms. The van der Waals surface area contributed by atoms with E-state index in [9.17, 15) is 5.11 Å². The van der Waals surface area contributed by atoms with Gasteiger partial charge in [-0.1, -0.05) is 42.5 Å². The zero-order valence-electron chi connectivity index (χ0n) is 16.4. The standard InChI is InChI=1S/C24H25NO3S/c1-24(26,16-25-11-10-18-6-3-2-4-7-18)17-28-20-9-5-8-19(12-20)22-15-29-23-14-27-13-21(22)23/h2-9,12-15,25-26H,10-11,16-17H2,1H3/t24-/m1/s1. The van der Waals surface area contributed by atoms with Crippen molar-refractivity contribution in [2.45, 2.75) is 18.9 Å². The highest BCUT2D eigenvalue weighted by Gasteiger charge is 2.21. The number of benzene rings is 2. The molecule has 2 aromatic carbocycles. The van der Waals surface area contributed by atoms with Crippen LogP contribution in [0, 0.1) is 0 Å². The van der Waals surface area contributed by atoms with Gasteiger partial charge in [-0.05, 0) is 43.1 Å². The molecule has 0 amide bonds. The van der Waals surface area contributed by atoms with Gasteiger partial charge in [-0.3, -0.25) is 0 Å². The highest BCUT2D eigenvalue weighted by atomic mass is 32.1. The van der Waals surface area contributed by atoms with E-state index in [2.05, 4.69) is 28.9 Å².